The first-order valence-corrected chi connectivity index (χ1v) is 5.15. The third-order valence-electron chi connectivity index (χ3n) is 2.08. The largest absolute Gasteiger partial charge is 0.358 e. The van der Waals surface area contributed by atoms with Crippen LogP contribution in [0.15, 0.2) is 23.0 Å². The molecule has 4 heteroatoms. The van der Waals surface area contributed by atoms with Crippen LogP contribution < -0.4 is 5.43 Å². The predicted octanol–water partition coefficient (Wildman–Crippen LogP) is 2.58. The van der Waals surface area contributed by atoms with E-state index in [1.807, 2.05) is 29.5 Å². The second-order valence-electron chi connectivity index (χ2n) is 3.08. The van der Waals surface area contributed by atoms with E-state index in [1.54, 1.807) is 6.07 Å². The number of rotatable bonds is 0. The van der Waals surface area contributed by atoms with Crippen molar-refractivity contribution in [1.29, 1.82) is 0 Å². The number of benzene rings is 1. The molecule has 0 amide bonds. The number of hydrogen-bond donors (Lipinski definition) is 1. The Morgan fingerprint density at radius 1 is 1.43 bits per heavy atom. The van der Waals surface area contributed by atoms with Crippen LogP contribution in [0.1, 0.15) is 5.69 Å². The molecule has 0 saturated heterocycles. The molecular formula is C10H7FINO. The fourth-order valence-electron chi connectivity index (χ4n) is 1.36. The molecule has 0 spiro atoms. The van der Waals surface area contributed by atoms with Gasteiger partial charge in [0.05, 0.1) is 3.57 Å². The third-order valence-corrected chi connectivity index (χ3v) is 3.38. The highest BCUT2D eigenvalue weighted by Crippen LogP contribution is 2.13. The predicted molar refractivity (Wildman–Crippen MR) is 62.0 cm³/mol. The Labute approximate surface area is 93.3 Å². The number of aryl methyl sites for hydroxylation is 1. The van der Waals surface area contributed by atoms with E-state index < -0.39 is 0 Å². The van der Waals surface area contributed by atoms with Gasteiger partial charge < -0.3 is 4.98 Å². The van der Waals surface area contributed by atoms with Gasteiger partial charge in [-0.3, -0.25) is 4.79 Å². The maximum Gasteiger partial charge on any atom is 0.203 e. The van der Waals surface area contributed by atoms with Gasteiger partial charge in [-0.15, -0.1) is 0 Å². The van der Waals surface area contributed by atoms with Gasteiger partial charge in [0.2, 0.25) is 5.43 Å². The van der Waals surface area contributed by atoms with Crippen molar-refractivity contribution in [3.05, 3.63) is 43.5 Å². The van der Waals surface area contributed by atoms with E-state index >= 15 is 0 Å². The third kappa shape index (κ3) is 1.43. The molecule has 0 radical (unpaired) electrons. The van der Waals surface area contributed by atoms with E-state index in [0.717, 1.165) is 5.69 Å². The zero-order chi connectivity index (χ0) is 10.3. The lowest BCUT2D eigenvalue weighted by Crippen LogP contribution is -2.09. The first-order chi connectivity index (χ1) is 6.59. The topological polar surface area (TPSA) is 32.9 Å². The monoisotopic (exact) mass is 303 g/mol. The van der Waals surface area contributed by atoms with Crippen molar-refractivity contribution >= 4 is 33.5 Å². The van der Waals surface area contributed by atoms with E-state index in [1.165, 1.54) is 12.1 Å². The van der Waals surface area contributed by atoms with Gasteiger partial charge in [-0.05, 0) is 47.7 Å². The Morgan fingerprint density at radius 3 is 2.86 bits per heavy atom. The van der Waals surface area contributed by atoms with Crippen molar-refractivity contribution < 1.29 is 4.39 Å². The van der Waals surface area contributed by atoms with Gasteiger partial charge in [-0.1, -0.05) is 0 Å². The van der Waals surface area contributed by atoms with Gasteiger partial charge in [0.1, 0.15) is 5.82 Å². The molecule has 1 aromatic heterocycles. The van der Waals surface area contributed by atoms with Crippen molar-refractivity contribution in [2.75, 3.05) is 0 Å². The normalized spacial score (nSPS) is 10.8. The molecule has 2 nitrogen and oxygen atoms in total. The minimum absolute atomic E-state index is 0.114. The minimum Gasteiger partial charge on any atom is -0.358 e. The molecule has 0 aliphatic heterocycles. The van der Waals surface area contributed by atoms with E-state index in [4.69, 9.17) is 0 Å². The van der Waals surface area contributed by atoms with Crippen molar-refractivity contribution in [2.45, 2.75) is 6.92 Å². The highest BCUT2D eigenvalue weighted by Gasteiger charge is 2.06. The molecule has 1 N–H and O–H groups in total. The fourth-order valence-corrected chi connectivity index (χ4v) is 1.78. The average Bonchev–Trinajstić information content (AvgIpc) is 2.16. The highest BCUT2D eigenvalue weighted by atomic mass is 127. The van der Waals surface area contributed by atoms with Crippen molar-refractivity contribution in [1.82, 2.24) is 4.98 Å². The Bertz CT molecular complexity index is 562. The number of pyridine rings is 1. The summed E-state index contributed by atoms with van der Waals surface area (Å²) in [5.74, 6) is -0.386. The molecule has 2 rings (SSSR count). The molecule has 0 bridgehead atoms. The molecule has 0 saturated carbocycles. The maximum atomic E-state index is 12.9. The van der Waals surface area contributed by atoms with Crippen LogP contribution in [0.4, 0.5) is 4.39 Å². The lowest BCUT2D eigenvalue weighted by molar-refractivity contribution is 0.629. The SMILES string of the molecule is Cc1[nH]c2ccc(F)cc2c(=O)c1I. The van der Waals surface area contributed by atoms with Crippen molar-refractivity contribution in [3.8, 4) is 0 Å². The number of H-pyrrole nitrogens is 1. The van der Waals surface area contributed by atoms with Crippen LogP contribution in [0.25, 0.3) is 10.9 Å². The number of halogens is 2. The number of aromatic amines is 1. The summed E-state index contributed by atoms with van der Waals surface area (Å²) < 4.78 is 13.5. The van der Waals surface area contributed by atoms with Gasteiger partial charge in [-0.25, -0.2) is 4.39 Å². The molecule has 14 heavy (non-hydrogen) atoms. The second kappa shape index (κ2) is 3.34. The highest BCUT2D eigenvalue weighted by molar-refractivity contribution is 14.1. The Hall–Kier alpha value is -0.910. The number of aromatic nitrogens is 1. The van der Waals surface area contributed by atoms with Crippen LogP contribution in [0, 0.1) is 16.3 Å². The van der Waals surface area contributed by atoms with Gasteiger partial charge >= 0.3 is 0 Å². The lowest BCUT2D eigenvalue weighted by Gasteiger charge is -2.02. The Balaban J connectivity index is 2.99. The molecule has 1 aromatic carbocycles. The summed E-state index contributed by atoms with van der Waals surface area (Å²) in [7, 11) is 0. The molecule has 2 aromatic rings. The molecule has 0 unspecified atom stereocenters. The standard InChI is InChI=1S/C10H7FINO/c1-5-9(12)10(14)7-4-6(11)2-3-8(7)13-5/h2-4H,1H3,(H,13,14). The fraction of sp³-hybridized carbons (Fsp3) is 0.100. The van der Waals surface area contributed by atoms with Gasteiger partial charge in [0, 0.05) is 16.6 Å². The van der Waals surface area contributed by atoms with E-state index in [-0.39, 0.29) is 11.2 Å². The van der Waals surface area contributed by atoms with Crippen molar-refractivity contribution in [2.24, 2.45) is 0 Å². The number of hydrogen-bond acceptors (Lipinski definition) is 1. The summed E-state index contributed by atoms with van der Waals surface area (Å²) in [5, 5.41) is 0.403. The summed E-state index contributed by atoms with van der Waals surface area (Å²) in [6.45, 7) is 1.83. The van der Waals surface area contributed by atoms with Gasteiger partial charge in [0.15, 0.2) is 0 Å². The molecule has 0 aliphatic carbocycles. The van der Waals surface area contributed by atoms with Gasteiger partial charge in [-0.2, -0.15) is 0 Å². The van der Waals surface area contributed by atoms with E-state index in [2.05, 4.69) is 4.98 Å². The molecule has 0 aliphatic rings. The van der Waals surface area contributed by atoms with Crippen LogP contribution in [-0.4, -0.2) is 4.98 Å². The first kappa shape index (κ1) is 9.64. The Kier molecular flexibility index (Phi) is 2.30. The molecule has 72 valence electrons. The number of fused-ring (bicyclic) bond motifs is 1. The average molecular weight is 303 g/mol. The van der Waals surface area contributed by atoms with E-state index in [0.29, 0.717) is 14.5 Å². The second-order valence-corrected chi connectivity index (χ2v) is 4.16. The zero-order valence-corrected chi connectivity index (χ0v) is 9.55. The smallest absolute Gasteiger partial charge is 0.203 e. The van der Waals surface area contributed by atoms with E-state index in [9.17, 15) is 9.18 Å². The summed E-state index contributed by atoms with van der Waals surface area (Å²) in [4.78, 5) is 14.8. The van der Waals surface area contributed by atoms with Crippen molar-refractivity contribution in [3.63, 3.8) is 0 Å². The molecule has 1 heterocycles. The number of nitrogens with one attached hydrogen (secondary N) is 1. The summed E-state index contributed by atoms with van der Waals surface area (Å²) in [6.07, 6.45) is 0. The summed E-state index contributed by atoms with van der Waals surface area (Å²) >= 11 is 1.96. The lowest BCUT2D eigenvalue weighted by atomic mass is 10.2. The van der Waals surface area contributed by atoms with Crippen LogP contribution >= 0.6 is 22.6 Å². The van der Waals surface area contributed by atoms with Crippen LogP contribution in [0.5, 0.6) is 0 Å². The zero-order valence-electron chi connectivity index (χ0n) is 7.40. The molecular weight excluding hydrogens is 296 g/mol. The summed E-state index contributed by atoms with van der Waals surface area (Å²) in [5.41, 5.74) is 1.38. The maximum absolute atomic E-state index is 12.9. The first-order valence-electron chi connectivity index (χ1n) is 4.07. The minimum atomic E-state index is -0.386. The van der Waals surface area contributed by atoms with Crippen LogP contribution in [0.3, 0.4) is 0 Å². The van der Waals surface area contributed by atoms with Crippen LogP contribution in [0.2, 0.25) is 0 Å². The molecule has 0 atom stereocenters. The molecule has 0 fully saturated rings. The van der Waals surface area contributed by atoms with Crippen LogP contribution in [-0.2, 0) is 0 Å². The Morgan fingerprint density at radius 2 is 2.14 bits per heavy atom. The summed E-state index contributed by atoms with van der Waals surface area (Å²) in [6, 6.07) is 4.18. The quantitative estimate of drug-likeness (QED) is 0.746. The van der Waals surface area contributed by atoms with Gasteiger partial charge in [0.25, 0.3) is 0 Å².